The zero-order valence-electron chi connectivity index (χ0n) is 14.9. The molecule has 0 unspecified atom stereocenters. The largest absolute Gasteiger partial charge is 0.416 e. The fourth-order valence-electron chi connectivity index (χ4n) is 2.51. The minimum atomic E-state index is -4.91. The Bertz CT molecular complexity index is 1040. The van der Waals surface area contributed by atoms with Crippen molar-refractivity contribution in [3.63, 3.8) is 0 Å². The molecule has 156 valence electrons. The van der Waals surface area contributed by atoms with Gasteiger partial charge >= 0.3 is 11.9 Å². The second-order valence-electron chi connectivity index (χ2n) is 6.26. The molecule has 0 saturated carbocycles. The van der Waals surface area contributed by atoms with E-state index in [4.69, 9.17) is 11.6 Å². The molecular weight excluding hydrogens is 417 g/mol. The van der Waals surface area contributed by atoms with Gasteiger partial charge in [-0.05, 0) is 31.2 Å². The Morgan fingerprint density at radius 3 is 2.45 bits per heavy atom. The van der Waals surface area contributed by atoms with Crippen molar-refractivity contribution >= 4 is 11.6 Å². The number of hydrogen-bond donors (Lipinski definition) is 3. The van der Waals surface area contributed by atoms with Crippen molar-refractivity contribution in [3.8, 4) is 11.4 Å². The number of H-pyrrole nitrogens is 1. The molecule has 9 nitrogen and oxygen atoms in total. The lowest BCUT2D eigenvalue weighted by atomic mass is 10.2. The number of aromatic amines is 1. The lowest BCUT2D eigenvalue weighted by molar-refractivity contribution is -0.207. The fourth-order valence-corrected chi connectivity index (χ4v) is 2.63. The summed E-state index contributed by atoms with van der Waals surface area (Å²) in [5, 5.41) is 29.7. The lowest BCUT2D eigenvalue weighted by Gasteiger charge is -2.15. The van der Waals surface area contributed by atoms with Crippen molar-refractivity contribution < 1.29 is 23.4 Å². The van der Waals surface area contributed by atoms with E-state index < -0.39 is 30.6 Å². The quantitative estimate of drug-likeness (QED) is 0.542. The maximum atomic E-state index is 12.8. The van der Waals surface area contributed by atoms with Crippen LogP contribution in [0.5, 0.6) is 0 Å². The Hall–Kier alpha value is -2.70. The van der Waals surface area contributed by atoms with Gasteiger partial charge in [0.25, 0.3) is 0 Å². The van der Waals surface area contributed by atoms with Crippen LogP contribution in [-0.2, 0) is 13.1 Å². The van der Waals surface area contributed by atoms with Crippen molar-refractivity contribution in [2.24, 2.45) is 0 Å². The van der Waals surface area contributed by atoms with Crippen molar-refractivity contribution in [1.82, 2.24) is 29.5 Å². The van der Waals surface area contributed by atoms with E-state index in [0.29, 0.717) is 10.6 Å². The van der Waals surface area contributed by atoms with Crippen LogP contribution in [0, 0.1) is 0 Å². The van der Waals surface area contributed by atoms with Gasteiger partial charge in [-0.15, -0.1) is 5.10 Å². The molecule has 13 heteroatoms. The Morgan fingerprint density at radius 2 is 1.90 bits per heavy atom. The third-order valence-corrected chi connectivity index (χ3v) is 4.23. The zero-order chi connectivity index (χ0) is 21.3. The van der Waals surface area contributed by atoms with Crippen molar-refractivity contribution in [2.75, 3.05) is 0 Å². The van der Waals surface area contributed by atoms with Gasteiger partial charge in [-0.1, -0.05) is 11.6 Å². The van der Waals surface area contributed by atoms with E-state index in [0.717, 1.165) is 9.25 Å². The highest BCUT2D eigenvalue weighted by molar-refractivity contribution is 6.30. The summed E-state index contributed by atoms with van der Waals surface area (Å²) in [7, 11) is 0. The van der Waals surface area contributed by atoms with Crippen LogP contribution in [0.2, 0.25) is 5.02 Å². The first kappa shape index (κ1) is 21.0. The summed E-state index contributed by atoms with van der Waals surface area (Å²) in [5.41, 5.74) is -0.546. The number of aliphatic hydroxyl groups is 2. The average molecular weight is 433 g/mol. The molecule has 0 bridgehead atoms. The molecule has 3 rings (SSSR count). The molecule has 1 aromatic carbocycles. The summed E-state index contributed by atoms with van der Waals surface area (Å²) in [6, 6.07) is 5.97. The smallest absolute Gasteiger partial charge is 0.385 e. The van der Waals surface area contributed by atoms with E-state index in [2.05, 4.69) is 20.3 Å². The van der Waals surface area contributed by atoms with Gasteiger partial charge in [0.05, 0.1) is 6.54 Å². The first-order valence-corrected chi connectivity index (χ1v) is 8.71. The Labute approximate surface area is 166 Å². The molecule has 2 aromatic heterocycles. The minimum Gasteiger partial charge on any atom is -0.385 e. The van der Waals surface area contributed by atoms with Gasteiger partial charge in [0.1, 0.15) is 18.5 Å². The van der Waals surface area contributed by atoms with Crippen LogP contribution in [0.25, 0.3) is 11.4 Å². The van der Waals surface area contributed by atoms with Gasteiger partial charge in [0.2, 0.25) is 0 Å². The highest BCUT2D eigenvalue weighted by Gasteiger charge is 2.39. The van der Waals surface area contributed by atoms with Crippen LogP contribution in [0.15, 0.2) is 29.1 Å². The van der Waals surface area contributed by atoms with E-state index in [1.807, 2.05) is 0 Å². The van der Waals surface area contributed by atoms with Crippen molar-refractivity contribution in [2.45, 2.75) is 38.4 Å². The van der Waals surface area contributed by atoms with Gasteiger partial charge in [-0.3, -0.25) is 9.67 Å². The SMILES string of the molecule is C[C@@H](O)c1n[nH]c(Cn2nc(-c3ccc(Cl)cc3)n(C[C@H](O)C(F)(F)F)c2=O)n1. The normalized spacial score (nSPS) is 14.2. The van der Waals surface area contributed by atoms with Crippen molar-refractivity contribution in [3.05, 3.63) is 51.4 Å². The molecule has 0 fully saturated rings. The fraction of sp³-hybridized carbons (Fsp3) is 0.375. The first-order valence-electron chi connectivity index (χ1n) is 8.34. The molecule has 0 aliphatic rings. The maximum Gasteiger partial charge on any atom is 0.416 e. The number of halogens is 4. The summed E-state index contributed by atoms with van der Waals surface area (Å²) in [5.74, 6) is 0.190. The number of rotatable bonds is 6. The Morgan fingerprint density at radius 1 is 1.24 bits per heavy atom. The molecule has 0 radical (unpaired) electrons. The predicted molar refractivity (Wildman–Crippen MR) is 95.1 cm³/mol. The van der Waals surface area contributed by atoms with Gasteiger partial charge in [0.15, 0.2) is 17.8 Å². The number of nitrogens with one attached hydrogen (secondary N) is 1. The second kappa shape index (κ2) is 7.97. The Kier molecular flexibility index (Phi) is 5.78. The number of aliphatic hydroxyl groups excluding tert-OH is 2. The van der Waals surface area contributed by atoms with Gasteiger partial charge in [-0.25, -0.2) is 14.5 Å². The third-order valence-electron chi connectivity index (χ3n) is 3.98. The van der Waals surface area contributed by atoms with E-state index in [9.17, 15) is 28.2 Å². The summed E-state index contributed by atoms with van der Waals surface area (Å²) < 4.78 is 40.1. The molecular formula is C16H16ClF3N6O3. The van der Waals surface area contributed by atoms with Crippen molar-refractivity contribution in [1.29, 1.82) is 0 Å². The standard InChI is InChI=1S/C16H16ClF3N6O3/c1-8(27)13-21-12(22-23-13)7-26-15(29)25(6-11(28)16(18,19)20)14(24-26)9-2-4-10(17)5-3-9/h2-5,8,11,27-28H,6-7H2,1H3,(H,21,22,23)/t8-,11+/m1/s1. The summed E-state index contributed by atoms with van der Waals surface area (Å²) in [6.45, 7) is 0.189. The number of hydrogen-bond acceptors (Lipinski definition) is 6. The molecule has 3 aromatic rings. The summed E-state index contributed by atoms with van der Waals surface area (Å²) >= 11 is 5.83. The topological polar surface area (TPSA) is 122 Å². The van der Waals surface area contributed by atoms with Crippen LogP contribution in [0.1, 0.15) is 24.7 Å². The predicted octanol–water partition coefficient (Wildman–Crippen LogP) is 1.51. The molecule has 0 saturated heterocycles. The minimum absolute atomic E-state index is 0.0785. The van der Waals surface area contributed by atoms with E-state index in [1.165, 1.54) is 31.2 Å². The monoisotopic (exact) mass is 432 g/mol. The van der Waals surface area contributed by atoms with E-state index >= 15 is 0 Å². The molecule has 3 N–H and O–H groups in total. The lowest BCUT2D eigenvalue weighted by Crippen LogP contribution is -2.37. The molecule has 0 amide bonds. The van der Waals surface area contributed by atoms with Crippen LogP contribution in [-0.4, -0.2) is 52.0 Å². The summed E-state index contributed by atoms with van der Waals surface area (Å²) in [4.78, 5) is 16.7. The number of alkyl halides is 3. The molecule has 0 aliphatic heterocycles. The number of aromatic nitrogens is 6. The van der Waals surface area contributed by atoms with Gasteiger partial charge in [0, 0.05) is 10.6 Å². The number of benzene rings is 1. The summed E-state index contributed by atoms with van der Waals surface area (Å²) in [6.07, 6.45) is -8.60. The molecule has 0 aliphatic carbocycles. The molecule has 2 heterocycles. The maximum absolute atomic E-state index is 12.8. The Balaban J connectivity index is 2.02. The second-order valence-corrected chi connectivity index (χ2v) is 6.69. The van der Waals surface area contributed by atoms with Gasteiger partial charge < -0.3 is 10.2 Å². The first-order chi connectivity index (χ1) is 13.6. The number of nitrogens with zero attached hydrogens (tertiary/aromatic N) is 5. The molecule has 0 spiro atoms. The average Bonchev–Trinajstić information content (AvgIpc) is 3.22. The van der Waals surface area contributed by atoms with E-state index in [1.54, 1.807) is 0 Å². The zero-order valence-corrected chi connectivity index (χ0v) is 15.7. The van der Waals surface area contributed by atoms with E-state index in [-0.39, 0.29) is 24.0 Å². The highest BCUT2D eigenvalue weighted by Crippen LogP contribution is 2.24. The molecule has 2 atom stereocenters. The van der Waals surface area contributed by atoms with Gasteiger partial charge in [-0.2, -0.15) is 18.3 Å². The third kappa shape index (κ3) is 4.66. The van der Waals surface area contributed by atoms with Crippen LogP contribution < -0.4 is 5.69 Å². The highest BCUT2D eigenvalue weighted by atomic mass is 35.5. The van der Waals surface area contributed by atoms with Crippen LogP contribution >= 0.6 is 11.6 Å². The molecule has 29 heavy (non-hydrogen) atoms. The van der Waals surface area contributed by atoms with Crippen LogP contribution in [0.4, 0.5) is 13.2 Å². The van der Waals surface area contributed by atoms with Crippen LogP contribution in [0.3, 0.4) is 0 Å².